The van der Waals surface area contributed by atoms with Crippen molar-refractivity contribution in [1.29, 1.82) is 0 Å². The van der Waals surface area contributed by atoms with Gasteiger partial charge in [0.15, 0.2) is 0 Å². The van der Waals surface area contributed by atoms with Gasteiger partial charge in [0.25, 0.3) is 0 Å². The van der Waals surface area contributed by atoms with Crippen LogP contribution in [0.15, 0.2) is 109 Å². The highest BCUT2D eigenvalue weighted by Gasteiger charge is 2.26. The normalized spacial score (nSPS) is 12.4. The van der Waals surface area contributed by atoms with E-state index >= 15 is 0 Å². The minimum absolute atomic E-state index is 1.07. The first-order chi connectivity index (χ1) is 14.9. The molecule has 0 heterocycles. The van der Waals surface area contributed by atoms with Crippen molar-refractivity contribution < 1.29 is 0 Å². The summed E-state index contributed by atoms with van der Waals surface area (Å²) < 4.78 is 0. The molecule has 142 valence electrons. The van der Waals surface area contributed by atoms with Gasteiger partial charge in [0.05, 0.1) is 0 Å². The molecule has 0 aliphatic heterocycles. The second-order valence-electron chi connectivity index (χ2n) is 8.04. The van der Waals surface area contributed by atoms with E-state index in [4.69, 9.17) is 0 Å². The Morgan fingerprint density at radius 1 is 0.400 bits per heavy atom. The van der Waals surface area contributed by atoms with Crippen LogP contribution in [0.4, 0.5) is 0 Å². The minimum Gasteiger partial charge on any atom is -0.0622 e. The molecule has 0 unspecified atom stereocenters. The molecule has 0 spiro atoms. The molecule has 0 atom stereocenters. The Labute approximate surface area is 177 Å². The smallest absolute Gasteiger partial charge is 0.00235 e. The van der Waals surface area contributed by atoms with Gasteiger partial charge in [0, 0.05) is 0 Å². The molecule has 0 bridgehead atoms. The number of hydrogen-bond donors (Lipinski definition) is 0. The lowest BCUT2D eigenvalue weighted by molar-refractivity contribution is 0.946. The summed E-state index contributed by atoms with van der Waals surface area (Å²) in [7, 11) is 0. The first kappa shape index (κ1) is 17.2. The summed E-state index contributed by atoms with van der Waals surface area (Å²) in [6.07, 6.45) is 2.16. The number of hydrogen-bond acceptors (Lipinski definition) is 0. The van der Waals surface area contributed by atoms with E-state index in [9.17, 15) is 0 Å². The highest BCUT2D eigenvalue weighted by atomic mass is 14.3. The third-order valence-corrected chi connectivity index (χ3v) is 6.38. The summed E-state index contributed by atoms with van der Waals surface area (Å²) in [4.78, 5) is 0. The van der Waals surface area contributed by atoms with Crippen LogP contribution in [0.3, 0.4) is 0 Å². The van der Waals surface area contributed by atoms with E-state index < -0.39 is 0 Å². The lowest BCUT2D eigenvalue weighted by atomic mass is 9.75. The quantitative estimate of drug-likeness (QED) is 0.291. The highest BCUT2D eigenvalue weighted by Crippen LogP contribution is 2.49. The largest absolute Gasteiger partial charge is 0.0622 e. The number of benzene rings is 5. The highest BCUT2D eigenvalue weighted by molar-refractivity contribution is 6.13. The van der Waals surface area contributed by atoms with E-state index in [0.717, 1.165) is 12.8 Å². The monoisotopic (exact) mass is 382 g/mol. The molecule has 5 aromatic rings. The molecule has 0 aromatic heterocycles. The molecule has 0 nitrogen and oxygen atoms in total. The average molecular weight is 383 g/mol. The zero-order valence-corrected chi connectivity index (χ0v) is 16.8. The summed E-state index contributed by atoms with van der Waals surface area (Å²) in [5.41, 5.74) is 11.1. The van der Waals surface area contributed by atoms with Crippen LogP contribution in [0.5, 0.6) is 0 Å². The molecule has 0 saturated heterocycles. The van der Waals surface area contributed by atoms with Crippen molar-refractivity contribution in [2.24, 2.45) is 0 Å². The number of rotatable bonds is 2. The lowest BCUT2D eigenvalue weighted by Crippen LogP contribution is -2.08. The SMILES string of the molecule is c1ccc(-c2c3c(c(-c4ccccc4)c4ccccc24)-c2ccccc2CC3)cc1. The molecule has 0 saturated carbocycles. The van der Waals surface area contributed by atoms with Gasteiger partial charge in [0.1, 0.15) is 0 Å². The summed E-state index contributed by atoms with van der Waals surface area (Å²) in [5.74, 6) is 0. The van der Waals surface area contributed by atoms with Crippen LogP contribution in [-0.2, 0) is 12.8 Å². The summed E-state index contributed by atoms with van der Waals surface area (Å²) >= 11 is 0. The second-order valence-corrected chi connectivity index (χ2v) is 8.04. The molecule has 1 aliphatic rings. The van der Waals surface area contributed by atoms with Crippen LogP contribution in [0.25, 0.3) is 44.2 Å². The van der Waals surface area contributed by atoms with Gasteiger partial charge in [-0.2, -0.15) is 0 Å². The number of aryl methyl sites for hydroxylation is 1. The van der Waals surface area contributed by atoms with Gasteiger partial charge < -0.3 is 0 Å². The molecular weight excluding hydrogens is 360 g/mol. The lowest BCUT2D eigenvalue weighted by Gasteiger charge is -2.28. The Balaban J connectivity index is 1.84. The molecule has 6 rings (SSSR count). The van der Waals surface area contributed by atoms with E-state index in [2.05, 4.69) is 109 Å². The third-order valence-electron chi connectivity index (χ3n) is 6.38. The Morgan fingerprint density at radius 3 is 1.63 bits per heavy atom. The fourth-order valence-corrected chi connectivity index (χ4v) is 5.12. The van der Waals surface area contributed by atoms with Crippen molar-refractivity contribution in [3.8, 4) is 33.4 Å². The van der Waals surface area contributed by atoms with Crippen molar-refractivity contribution >= 4 is 10.8 Å². The molecule has 5 aromatic carbocycles. The molecular formula is C30H22. The van der Waals surface area contributed by atoms with E-state index in [1.165, 1.54) is 55.3 Å². The van der Waals surface area contributed by atoms with E-state index in [1.54, 1.807) is 0 Å². The van der Waals surface area contributed by atoms with Gasteiger partial charge in [-0.15, -0.1) is 0 Å². The van der Waals surface area contributed by atoms with Crippen molar-refractivity contribution in [1.82, 2.24) is 0 Å². The maximum absolute atomic E-state index is 2.31. The molecule has 0 fully saturated rings. The maximum Gasteiger partial charge on any atom is -0.00235 e. The topological polar surface area (TPSA) is 0 Å². The number of fused-ring (bicyclic) bond motifs is 4. The fourth-order valence-electron chi connectivity index (χ4n) is 5.12. The molecule has 0 radical (unpaired) electrons. The molecule has 0 amide bonds. The van der Waals surface area contributed by atoms with Crippen LogP contribution in [-0.4, -0.2) is 0 Å². The van der Waals surface area contributed by atoms with Crippen molar-refractivity contribution in [2.75, 3.05) is 0 Å². The first-order valence-electron chi connectivity index (χ1n) is 10.7. The van der Waals surface area contributed by atoms with Crippen LogP contribution in [0.2, 0.25) is 0 Å². The van der Waals surface area contributed by atoms with Gasteiger partial charge in [-0.05, 0) is 68.1 Å². The summed E-state index contributed by atoms with van der Waals surface area (Å²) in [6, 6.07) is 39.7. The molecule has 30 heavy (non-hydrogen) atoms. The second kappa shape index (κ2) is 7.00. The van der Waals surface area contributed by atoms with Crippen molar-refractivity contribution in [3.63, 3.8) is 0 Å². The van der Waals surface area contributed by atoms with Crippen molar-refractivity contribution in [2.45, 2.75) is 12.8 Å². The Kier molecular flexibility index (Phi) is 4.02. The van der Waals surface area contributed by atoms with Crippen LogP contribution in [0.1, 0.15) is 11.1 Å². The first-order valence-corrected chi connectivity index (χ1v) is 10.7. The van der Waals surface area contributed by atoms with E-state index in [-0.39, 0.29) is 0 Å². The third kappa shape index (κ3) is 2.61. The zero-order chi connectivity index (χ0) is 19.9. The maximum atomic E-state index is 2.31. The molecule has 0 heteroatoms. The Hall–Kier alpha value is -3.64. The predicted molar refractivity (Wildman–Crippen MR) is 128 cm³/mol. The van der Waals surface area contributed by atoms with E-state index in [1.807, 2.05) is 0 Å². The van der Waals surface area contributed by atoms with Crippen LogP contribution in [0, 0.1) is 0 Å². The van der Waals surface area contributed by atoms with Crippen molar-refractivity contribution in [3.05, 3.63) is 120 Å². The Bertz CT molecular complexity index is 1360. The van der Waals surface area contributed by atoms with Crippen LogP contribution < -0.4 is 0 Å². The van der Waals surface area contributed by atoms with Gasteiger partial charge in [-0.3, -0.25) is 0 Å². The van der Waals surface area contributed by atoms with Gasteiger partial charge in [-0.25, -0.2) is 0 Å². The van der Waals surface area contributed by atoms with Gasteiger partial charge in [-0.1, -0.05) is 109 Å². The summed E-state index contributed by atoms with van der Waals surface area (Å²) in [5, 5.41) is 2.68. The zero-order valence-electron chi connectivity index (χ0n) is 16.8. The minimum atomic E-state index is 1.07. The van der Waals surface area contributed by atoms with Gasteiger partial charge in [0.2, 0.25) is 0 Å². The average Bonchev–Trinajstić information content (AvgIpc) is 2.83. The standard InChI is InChI=1S/C30H22/c1-3-12-22(13-4-1)28-25-17-9-10-18-26(25)29(23-14-5-2-6-15-23)30-24-16-8-7-11-21(24)19-20-27(28)30/h1-18H,19-20H2. The fraction of sp³-hybridized carbons (Fsp3) is 0.0667. The van der Waals surface area contributed by atoms with E-state index in [0.29, 0.717) is 0 Å². The molecule has 1 aliphatic carbocycles. The molecule has 0 N–H and O–H groups in total. The predicted octanol–water partition coefficient (Wildman–Crippen LogP) is 7.94. The van der Waals surface area contributed by atoms with Crippen LogP contribution >= 0.6 is 0 Å². The van der Waals surface area contributed by atoms with Gasteiger partial charge >= 0.3 is 0 Å². The Morgan fingerprint density at radius 2 is 0.933 bits per heavy atom. The summed E-state index contributed by atoms with van der Waals surface area (Å²) in [6.45, 7) is 0.